The number of nitrogens with one attached hydrogen (secondary N) is 1. The van der Waals surface area contributed by atoms with Gasteiger partial charge in [0.2, 0.25) is 5.91 Å². The van der Waals surface area contributed by atoms with Crippen molar-refractivity contribution in [3.63, 3.8) is 0 Å². The van der Waals surface area contributed by atoms with E-state index in [0.717, 1.165) is 30.8 Å². The molecule has 0 aromatic carbocycles. The number of carboxylic acid groups (broad SMARTS) is 1. The van der Waals surface area contributed by atoms with Crippen LogP contribution in [-0.4, -0.2) is 68.9 Å². The standard InChI is InChI=1S/C16H24N4O2.C2HF3O2/c1-10(2)20-5-4-14-13(20)6-15(22-14)16(21)19-9-12-8-17-11(3)7-18-12;3-2(4,5)1(6)7/h7-8,10,13-15H,4-6,9H2,1-3H3,(H,19,21);(H,6,7)/t13-,14-,15+;/m0./s1. The minimum atomic E-state index is -5.08. The first-order chi connectivity index (χ1) is 13.5. The van der Waals surface area contributed by atoms with Crippen LogP contribution in [0.15, 0.2) is 12.4 Å². The Hall–Kier alpha value is -2.27. The molecule has 8 nitrogen and oxygen atoms in total. The molecule has 2 aliphatic heterocycles. The topological polar surface area (TPSA) is 105 Å². The third-order valence-corrected chi connectivity index (χ3v) is 4.80. The fourth-order valence-electron chi connectivity index (χ4n) is 3.39. The number of carbonyl (C=O) groups excluding carboxylic acids is 1. The predicted molar refractivity (Wildman–Crippen MR) is 95.8 cm³/mol. The Morgan fingerprint density at radius 2 is 2.00 bits per heavy atom. The van der Waals surface area contributed by atoms with Crippen LogP contribution in [0.5, 0.6) is 0 Å². The van der Waals surface area contributed by atoms with E-state index in [0.29, 0.717) is 18.6 Å². The van der Waals surface area contributed by atoms with E-state index < -0.39 is 12.1 Å². The number of aryl methyl sites for hydroxylation is 1. The van der Waals surface area contributed by atoms with E-state index in [1.807, 2.05) is 6.92 Å². The lowest BCUT2D eigenvalue weighted by Crippen LogP contribution is -2.39. The van der Waals surface area contributed by atoms with Gasteiger partial charge in [-0.15, -0.1) is 0 Å². The smallest absolute Gasteiger partial charge is 0.475 e. The van der Waals surface area contributed by atoms with Gasteiger partial charge < -0.3 is 15.2 Å². The van der Waals surface area contributed by atoms with Crippen LogP contribution in [0, 0.1) is 6.92 Å². The molecule has 162 valence electrons. The number of halogens is 3. The summed E-state index contributed by atoms with van der Waals surface area (Å²) in [4.78, 5) is 32.1. The summed E-state index contributed by atoms with van der Waals surface area (Å²) in [6, 6.07) is 0.887. The van der Waals surface area contributed by atoms with Gasteiger partial charge in [0.15, 0.2) is 0 Å². The van der Waals surface area contributed by atoms with Crippen molar-refractivity contribution in [3.05, 3.63) is 23.8 Å². The van der Waals surface area contributed by atoms with Crippen molar-refractivity contribution in [2.75, 3.05) is 6.54 Å². The molecule has 1 aromatic rings. The number of aromatic nitrogens is 2. The number of carbonyl (C=O) groups is 2. The molecule has 0 aliphatic carbocycles. The van der Waals surface area contributed by atoms with Crippen molar-refractivity contribution in [2.45, 2.75) is 70.6 Å². The molecular weight excluding hydrogens is 393 g/mol. The third kappa shape index (κ3) is 6.36. The Morgan fingerprint density at radius 1 is 1.34 bits per heavy atom. The van der Waals surface area contributed by atoms with Gasteiger partial charge in [0.05, 0.1) is 30.2 Å². The molecule has 2 saturated heterocycles. The molecule has 11 heteroatoms. The molecule has 0 unspecified atom stereocenters. The minimum absolute atomic E-state index is 0.0412. The van der Waals surface area contributed by atoms with Crippen molar-refractivity contribution in [1.29, 1.82) is 0 Å². The second kappa shape index (κ2) is 9.49. The fourth-order valence-corrected chi connectivity index (χ4v) is 3.39. The van der Waals surface area contributed by atoms with E-state index in [2.05, 4.69) is 34.0 Å². The lowest BCUT2D eigenvalue weighted by atomic mass is 10.1. The molecule has 2 fully saturated rings. The van der Waals surface area contributed by atoms with Crippen LogP contribution in [-0.2, 0) is 20.9 Å². The monoisotopic (exact) mass is 418 g/mol. The third-order valence-electron chi connectivity index (χ3n) is 4.80. The summed E-state index contributed by atoms with van der Waals surface area (Å²) in [5.74, 6) is -2.80. The molecule has 3 atom stereocenters. The average Bonchev–Trinajstić information content (AvgIpc) is 3.21. The summed E-state index contributed by atoms with van der Waals surface area (Å²) in [5.41, 5.74) is 1.64. The van der Waals surface area contributed by atoms with E-state index in [1.165, 1.54) is 0 Å². The lowest BCUT2D eigenvalue weighted by Gasteiger charge is -2.26. The second-order valence-corrected chi connectivity index (χ2v) is 7.26. The summed E-state index contributed by atoms with van der Waals surface area (Å²) in [5, 5.41) is 10.0. The van der Waals surface area contributed by atoms with Crippen LogP contribution in [0.2, 0.25) is 0 Å². The molecule has 1 amide bonds. The summed E-state index contributed by atoms with van der Waals surface area (Å²) < 4.78 is 37.7. The zero-order chi connectivity index (χ0) is 21.8. The quantitative estimate of drug-likeness (QED) is 0.767. The number of ether oxygens (including phenoxy) is 1. The van der Waals surface area contributed by atoms with Crippen LogP contribution in [0.4, 0.5) is 13.2 Å². The SMILES string of the molecule is Cc1cnc(CNC(=O)[C@H]2C[C@H]3[C@H](CCN3C(C)C)O2)cn1.O=C(O)C(F)(F)F. The molecule has 3 rings (SSSR count). The van der Waals surface area contributed by atoms with Crippen molar-refractivity contribution < 1.29 is 32.6 Å². The summed E-state index contributed by atoms with van der Waals surface area (Å²) >= 11 is 0. The van der Waals surface area contributed by atoms with Gasteiger partial charge in [0, 0.05) is 31.2 Å². The van der Waals surface area contributed by atoms with Crippen molar-refractivity contribution in [3.8, 4) is 0 Å². The molecule has 0 spiro atoms. The molecule has 1 aromatic heterocycles. The molecular formula is C18H25F3N4O4. The zero-order valence-electron chi connectivity index (χ0n) is 16.4. The van der Waals surface area contributed by atoms with Crippen LogP contribution < -0.4 is 5.32 Å². The number of hydrogen-bond donors (Lipinski definition) is 2. The first-order valence-electron chi connectivity index (χ1n) is 9.25. The van der Waals surface area contributed by atoms with Crippen LogP contribution in [0.1, 0.15) is 38.1 Å². The van der Waals surface area contributed by atoms with Gasteiger partial charge in [-0.2, -0.15) is 13.2 Å². The maximum atomic E-state index is 12.3. The number of aliphatic carboxylic acids is 1. The number of amides is 1. The normalized spacial score (nSPS) is 24.0. The van der Waals surface area contributed by atoms with Crippen molar-refractivity contribution in [2.24, 2.45) is 0 Å². The highest BCUT2D eigenvalue weighted by Gasteiger charge is 2.46. The van der Waals surface area contributed by atoms with Crippen molar-refractivity contribution >= 4 is 11.9 Å². The number of nitrogens with zero attached hydrogens (tertiary/aromatic N) is 3. The van der Waals surface area contributed by atoms with E-state index in [9.17, 15) is 18.0 Å². The highest BCUT2D eigenvalue weighted by molar-refractivity contribution is 5.81. The number of rotatable bonds is 4. The summed E-state index contributed by atoms with van der Waals surface area (Å²) in [6.07, 6.45) is -0.00404. The van der Waals surface area contributed by atoms with Gasteiger partial charge in [0.1, 0.15) is 6.10 Å². The molecule has 2 N–H and O–H groups in total. The largest absolute Gasteiger partial charge is 0.490 e. The minimum Gasteiger partial charge on any atom is -0.475 e. The van der Waals surface area contributed by atoms with Gasteiger partial charge >= 0.3 is 12.1 Å². The number of likely N-dealkylation sites (tertiary alicyclic amines) is 1. The molecule has 0 saturated carbocycles. The maximum Gasteiger partial charge on any atom is 0.490 e. The van der Waals surface area contributed by atoms with Gasteiger partial charge in [-0.1, -0.05) is 0 Å². The molecule has 3 heterocycles. The number of hydrogen-bond acceptors (Lipinski definition) is 6. The van der Waals surface area contributed by atoms with Gasteiger partial charge in [-0.05, 0) is 27.2 Å². The lowest BCUT2D eigenvalue weighted by molar-refractivity contribution is -0.192. The maximum absolute atomic E-state index is 12.3. The molecule has 2 aliphatic rings. The van der Waals surface area contributed by atoms with Gasteiger partial charge in [0.25, 0.3) is 0 Å². The van der Waals surface area contributed by atoms with Gasteiger partial charge in [-0.25, -0.2) is 4.79 Å². The Morgan fingerprint density at radius 3 is 2.52 bits per heavy atom. The Labute approximate surface area is 166 Å². The first-order valence-corrected chi connectivity index (χ1v) is 9.25. The highest BCUT2D eigenvalue weighted by Crippen LogP contribution is 2.34. The van der Waals surface area contributed by atoms with Gasteiger partial charge in [-0.3, -0.25) is 19.7 Å². The van der Waals surface area contributed by atoms with E-state index in [4.69, 9.17) is 14.6 Å². The van der Waals surface area contributed by atoms with Crippen LogP contribution >= 0.6 is 0 Å². The van der Waals surface area contributed by atoms with Crippen molar-refractivity contribution in [1.82, 2.24) is 20.2 Å². The predicted octanol–water partition coefficient (Wildman–Crippen LogP) is 1.67. The number of carboxylic acids is 1. The fraction of sp³-hybridized carbons (Fsp3) is 0.667. The molecule has 0 radical (unpaired) electrons. The molecule has 0 bridgehead atoms. The average molecular weight is 418 g/mol. The van der Waals surface area contributed by atoms with Crippen LogP contribution in [0.25, 0.3) is 0 Å². The summed E-state index contributed by atoms with van der Waals surface area (Å²) in [6.45, 7) is 7.76. The molecule has 29 heavy (non-hydrogen) atoms. The van der Waals surface area contributed by atoms with E-state index in [-0.39, 0.29) is 18.1 Å². The Bertz CT molecular complexity index is 712. The highest BCUT2D eigenvalue weighted by atomic mass is 19.4. The second-order valence-electron chi connectivity index (χ2n) is 7.26. The summed E-state index contributed by atoms with van der Waals surface area (Å²) in [7, 11) is 0. The van der Waals surface area contributed by atoms with Crippen LogP contribution in [0.3, 0.4) is 0 Å². The number of alkyl halides is 3. The Kier molecular flexibility index (Phi) is 7.53. The zero-order valence-corrected chi connectivity index (χ0v) is 16.4. The number of fused-ring (bicyclic) bond motifs is 1. The Balaban J connectivity index is 0.000000370. The first kappa shape index (κ1) is 23.0. The van der Waals surface area contributed by atoms with E-state index >= 15 is 0 Å². The van der Waals surface area contributed by atoms with E-state index in [1.54, 1.807) is 12.4 Å².